The van der Waals surface area contributed by atoms with Gasteiger partial charge in [-0.25, -0.2) is 4.79 Å². The molecule has 1 aromatic carbocycles. The largest absolute Gasteiger partial charge is 0.351 e. The van der Waals surface area contributed by atoms with E-state index in [-0.39, 0.29) is 11.8 Å². The Hall–Kier alpha value is -2.63. The molecule has 0 saturated carbocycles. The summed E-state index contributed by atoms with van der Waals surface area (Å²) in [6, 6.07) is 9.16. The van der Waals surface area contributed by atoms with E-state index in [1.165, 1.54) is 4.90 Å². The topological polar surface area (TPSA) is 88.3 Å². The van der Waals surface area contributed by atoms with E-state index < -0.39 is 6.03 Å². The van der Waals surface area contributed by atoms with E-state index in [1.54, 1.807) is 6.20 Å². The first-order valence-corrected chi connectivity index (χ1v) is 7.33. The van der Waals surface area contributed by atoms with E-state index in [2.05, 4.69) is 10.3 Å². The van der Waals surface area contributed by atoms with Crippen molar-refractivity contribution in [3.63, 3.8) is 0 Å². The number of hydrogen-bond donors (Lipinski definition) is 2. The maximum Gasteiger partial charge on any atom is 0.314 e. The summed E-state index contributed by atoms with van der Waals surface area (Å²) in [5.41, 5.74) is 6.84. The molecule has 6 nitrogen and oxygen atoms in total. The van der Waals surface area contributed by atoms with Crippen molar-refractivity contribution in [3.8, 4) is 0 Å². The molecule has 3 amide bonds. The van der Waals surface area contributed by atoms with Gasteiger partial charge in [0.15, 0.2) is 0 Å². The molecule has 1 aliphatic heterocycles. The van der Waals surface area contributed by atoms with Crippen LogP contribution in [0.5, 0.6) is 0 Å². The molecule has 1 fully saturated rings. The van der Waals surface area contributed by atoms with Gasteiger partial charge in [-0.15, -0.1) is 0 Å². The van der Waals surface area contributed by atoms with Crippen LogP contribution in [0.1, 0.15) is 12.8 Å². The number of pyridine rings is 1. The molecule has 3 N–H and O–H groups in total. The van der Waals surface area contributed by atoms with Crippen LogP contribution in [0.4, 0.5) is 10.5 Å². The number of primary amides is 1. The molecule has 0 radical (unpaired) electrons. The summed E-state index contributed by atoms with van der Waals surface area (Å²) < 4.78 is 0. The molecule has 0 spiro atoms. The van der Waals surface area contributed by atoms with E-state index in [4.69, 9.17) is 5.73 Å². The smallest absolute Gasteiger partial charge is 0.314 e. The van der Waals surface area contributed by atoms with Crippen LogP contribution >= 0.6 is 0 Å². The Morgan fingerprint density at radius 3 is 2.95 bits per heavy atom. The van der Waals surface area contributed by atoms with Gasteiger partial charge in [0.2, 0.25) is 5.91 Å². The van der Waals surface area contributed by atoms with Gasteiger partial charge in [-0.1, -0.05) is 18.2 Å². The third-order valence-corrected chi connectivity index (χ3v) is 3.96. The van der Waals surface area contributed by atoms with Crippen molar-refractivity contribution in [2.24, 2.45) is 11.7 Å². The monoisotopic (exact) mass is 298 g/mol. The molecule has 2 aromatic rings. The minimum Gasteiger partial charge on any atom is -0.351 e. The fraction of sp³-hybridized carbons (Fsp3) is 0.312. The lowest BCUT2D eigenvalue weighted by Crippen LogP contribution is -2.46. The molecule has 0 bridgehead atoms. The Kier molecular flexibility index (Phi) is 3.91. The number of piperidine rings is 1. The number of amides is 3. The summed E-state index contributed by atoms with van der Waals surface area (Å²) in [6.07, 6.45) is 3.20. The zero-order valence-electron chi connectivity index (χ0n) is 12.2. The summed E-state index contributed by atoms with van der Waals surface area (Å²) in [6.45, 7) is 0.999. The van der Waals surface area contributed by atoms with Crippen molar-refractivity contribution in [1.82, 2.24) is 9.88 Å². The third-order valence-electron chi connectivity index (χ3n) is 3.96. The third kappa shape index (κ3) is 3.00. The van der Waals surface area contributed by atoms with E-state index >= 15 is 0 Å². The predicted molar refractivity (Wildman–Crippen MR) is 84.3 cm³/mol. The Bertz CT molecular complexity index is 716. The Morgan fingerprint density at radius 1 is 1.32 bits per heavy atom. The van der Waals surface area contributed by atoms with Gasteiger partial charge in [-0.05, 0) is 25.0 Å². The molecule has 22 heavy (non-hydrogen) atoms. The van der Waals surface area contributed by atoms with Crippen molar-refractivity contribution >= 4 is 28.5 Å². The average molecular weight is 298 g/mol. The number of anilines is 1. The fourth-order valence-corrected chi connectivity index (χ4v) is 2.78. The molecular formula is C16H18N4O2. The maximum atomic E-state index is 12.4. The molecule has 0 unspecified atom stereocenters. The number of carbonyl (C=O) groups is 2. The molecule has 1 aliphatic rings. The Labute approximate surface area is 128 Å². The number of aromatic nitrogens is 1. The predicted octanol–water partition coefficient (Wildman–Crippen LogP) is 1.96. The van der Waals surface area contributed by atoms with Gasteiger partial charge in [0.1, 0.15) is 0 Å². The van der Waals surface area contributed by atoms with Gasteiger partial charge in [0.25, 0.3) is 0 Å². The first kappa shape index (κ1) is 14.3. The van der Waals surface area contributed by atoms with Crippen LogP contribution in [0.25, 0.3) is 10.9 Å². The minimum absolute atomic E-state index is 0.0944. The standard InChI is InChI=1S/C16H18N4O2/c17-16(22)20-7-3-5-12(10-20)15(21)19-13-8-11-4-1-2-6-14(11)18-9-13/h1-2,4,6,8-9,12H,3,5,7,10H2,(H2,17,22)(H,19,21)/t12-/m1/s1. The van der Waals surface area contributed by atoms with Crippen LogP contribution in [0.2, 0.25) is 0 Å². The van der Waals surface area contributed by atoms with Crippen molar-refractivity contribution in [2.75, 3.05) is 18.4 Å². The normalized spacial score (nSPS) is 18.2. The second-order valence-electron chi connectivity index (χ2n) is 5.53. The zero-order valence-corrected chi connectivity index (χ0v) is 12.2. The van der Waals surface area contributed by atoms with Gasteiger partial charge in [0.05, 0.1) is 23.3 Å². The van der Waals surface area contributed by atoms with Crippen LogP contribution in [-0.4, -0.2) is 34.9 Å². The number of para-hydroxylation sites is 1. The molecular weight excluding hydrogens is 280 g/mol. The second kappa shape index (κ2) is 6.01. The highest BCUT2D eigenvalue weighted by Crippen LogP contribution is 2.20. The van der Waals surface area contributed by atoms with Crippen LogP contribution in [0.3, 0.4) is 0 Å². The number of nitrogens with two attached hydrogens (primary N) is 1. The molecule has 6 heteroatoms. The van der Waals surface area contributed by atoms with Gasteiger partial charge in [-0.3, -0.25) is 9.78 Å². The van der Waals surface area contributed by atoms with Gasteiger partial charge in [-0.2, -0.15) is 0 Å². The molecule has 3 rings (SSSR count). The summed E-state index contributed by atoms with van der Waals surface area (Å²) in [7, 11) is 0. The Balaban J connectivity index is 1.71. The molecule has 114 valence electrons. The van der Waals surface area contributed by atoms with Crippen molar-refractivity contribution in [3.05, 3.63) is 36.5 Å². The molecule has 1 atom stereocenters. The van der Waals surface area contributed by atoms with Gasteiger partial charge >= 0.3 is 6.03 Å². The van der Waals surface area contributed by atoms with Crippen LogP contribution in [0, 0.1) is 5.92 Å². The number of benzene rings is 1. The van der Waals surface area contributed by atoms with Gasteiger partial charge in [0, 0.05) is 18.5 Å². The number of carbonyl (C=O) groups excluding carboxylic acids is 2. The minimum atomic E-state index is -0.468. The molecule has 0 aliphatic carbocycles. The number of hydrogen-bond acceptors (Lipinski definition) is 3. The quantitative estimate of drug-likeness (QED) is 0.888. The second-order valence-corrected chi connectivity index (χ2v) is 5.53. The zero-order chi connectivity index (χ0) is 15.5. The SMILES string of the molecule is NC(=O)N1CCC[C@@H](C(=O)Nc2cnc3ccccc3c2)C1. The van der Waals surface area contributed by atoms with E-state index in [0.29, 0.717) is 18.8 Å². The average Bonchev–Trinajstić information content (AvgIpc) is 2.55. The number of rotatable bonds is 2. The molecule has 1 saturated heterocycles. The van der Waals surface area contributed by atoms with Crippen LogP contribution in [0.15, 0.2) is 36.5 Å². The number of likely N-dealkylation sites (tertiary alicyclic amines) is 1. The lowest BCUT2D eigenvalue weighted by Gasteiger charge is -2.30. The lowest BCUT2D eigenvalue weighted by molar-refractivity contribution is -0.121. The highest BCUT2D eigenvalue weighted by Gasteiger charge is 2.27. The van der Waals surface area contributed by atoms with Crippen molar-refractivity contribution in [2.45, 2.75) is 12.8 Å². The first-order chi connectivity index (χ1) is 10.6. The van der Waals surface area contributed by atoms with Gasteiger partial charge < -0.3 is 16.0 Å². The van der Waals surface area contributed by atoms with Crippen molar-refractivity contribution in [1.29, 1.82) is 0 Å². The lowest BCUT2D eigenvalue weighted by atomic mass is 9.97. The first-order valence-electron chi connectivity index (χ1n) is 7.33. The maximum absolute atomic E-state index is 12.4. The fourth-order valence-electron chi connectivity index (χ4n) is 2.78. The number of nitrogens with one attached hydrogen (secondary N) is 1. The van der Waals surface area contributed by atoms with E-state index in [9.17, 15) is 9.59 Å². The number of urea groups is 1. The summed E-state index contributed by atoms with van der Waals surface area (Å²) >= 11 is 0. The highest BCUT2D eigenvalue weighted by atomic mass is 16.2. The summed E-state index contributed by atoms with van der Waals surface area (Å²) in [5, 5.41) is 3.86. The highest BCUT2D eigenvalue weighted by molar-refractivity contribution is 5.95. The Morgan fingerprint density at radius 2 is 2.14 bits per heavy atom. The molecule has 1 aromatic heterocycles. The van der Waals surface area contributed by atoms with E-state index in [1.807, 2.05) is 30.3 Å². The summed E-state index contributed by atoms with van der Waals surface area (Å²) in [4.78, 5) is 29.4. The summed E-state index contributed by atoms with van der Waals surface area (Å²) in [5.74, 6) is -0.323. The number of nitrogens with zero attached hydrogens (tertiary/aromatic N) is 2. The van der Waals surface area contributed by atoms with Crippen molar-refractivity contribution < 1.29 is 9.59 Å². The van der Waals surface area contributed by atoms with E-state index in [0.717, 1.165) is 23.7 Å². The number of fused-ring (bicyclic) bond motifs is 1. The molecule has 2 heterocycles. The van der Waals surface area contributed by atoms with Crippen LogP contribution in [-0.2, 0) is 4.79 Å². The van der Waals surface area contributed by atoms with Crippen LogP contribution < -0.4 is 11.1 Å².